The smallest absolute Gasteiger partial charge is 0.283 e. The van der Waals surface area contributed by atoms with Gasteiger partial charge in [0.05, 0.1) is 16.7 Å². The number of nitrogens with one attached hydrogen (secondary N) is 1. The summed E-state index contributed by atoms with van der Waals surface area (Å²) in [6, 6.07) is 10.6. The molecule has 0 aliphatic carbocycles. The molecule has 0 aliphatic heterocycles. The van der Waals surface area contributed by atoms with Crippen molar-refractivity contribution in [2.75, 3.05) is 0 Å². The summed E-state index contributed by atoms with van der Waals surface area (Å²) in [7, 11) is 0. The molecule has 0 spiro atoms. The molecule has 0 saturated carbocycles. The zero-order valence-electron chi connectivity index (χ0n) is 10.9. The molecule has 108 valence electrons. The number of hydrogen-bond donors (Lipinski definition) is 2. The van der Waals surface area contributed by atoms with Crippen LogP contribution in [0.15, 0.2) is 42.5 Å². The Bertz CT molecular complexity index is 675. The molecule has 1 aromatic heterocycles. The molecule has 1 heterocycles. The van der Waals surface area contributed by atoms with Crippen molar-refractivity contribution in [3.8, 4) is 5.75 Å². The molecule has 2 rings (SSSR count). The normalized spacial score (nSPS) is 9.95. The molecule has 2 aromatic rings. The summed E-state index contributed by atoms with van der Waals surface area (Å²) >= 11 is 0. The number of nitrogens with two attached hydrogens (primary N) is 1. The highest BCUT2D eigenvalue weighted by Gasteiger charge is 2.08. The van der Waals surface area contributed by atoms with Gasteiger partial charge >= 0.3 is 0 Å². The van der Waals surface area contributed by atoms with E-state index in [1.165, 1.54) is 24.3 Å². The second-order valence-electron chi connectivity index (χ2n) is 4.03. The van der Waals surface area contributed by atoms with Crippen LogP contribution in [0.2, 0.25) is 0 Å². The first kappa shape index (κ1) is 14.4. The summed E-state index contributed by atoms with van der Waals surface area (Å²) in [6.45, 7) is 0.0762. The molecule has 0 bridgehead atoms. The largest absolute Gasteiger partial charge is 0.487 e. The van der Waals surface area contributed by atoms with E-state index in [0.717, 1.165) is 0 Å². The molecular weight excluding hydrogens is 276 g/mol. The van der Waals surface area contributed by atoms with Crippen LogP contribution in [-0.2, 0) is 6.61 Å². The fourth-order valence-corrected chi connectivity index (χ4v) is 1.60. The van der Waals surface area contributed by atoms with Crippen LogP contribution in [0.5, 0.6) is 5.75 Å². The van der Waals surface area contributed by atoms with Crippen molar-refractivity contribution < 1.29 is 14.5 Å². The lowest BCUT2D eigenvalue weighted by Crippen LogP contribution is -2.30. The third-order valence-corrected chi connectivity index (χ3v) is 2.59. The average molecular weight is 288 g/mol. The predicted molar refractivity (Wildman–Crippen MR) is 73.3 cm³/mol. The van der Waals surface area contributed by atoms with E-state index >= 15 is 0 Å². The molecule has 0 radical (unpaired) electrons. The van der Waals surface area contributed by atoms with Crippen molar-refractivity contribution in [3.05, 3.63) is 64.0 Å². The summed E-state index contributed by atoms with van der Waals surface area (Å²) in [5, 5.41) is 10.7. The van der Waals surface area contributed by atoms with Crippen molar-refractivity contribution in [2.45, 2.75) is 6.61 Å². The number of nitro benzene ring substituents is 1. The number of nitrogen functional groups attached to an aromatic ring is 1. The second kappa shape index (κ2) is 6.44. The van der Waals surface area contributed by atoms with E-state index in [-0.39, 0.29) is 18.0 Å². The number of carbonyl (C=O) groups is 1. The van der Waals surface area contributed by atoms with Crippen molar-refractivity contribution in [3.63, 3.8) is 0 Å². The van der Waals surface area contributed by atoms with Gasteiger partial charge in [0.1, 0.15) is 18.1 Å². The lowest BCUT2D eigenvalue weighted by molar-refractivity contribution is -0.384. The van der Waals surface area contributed by atoms with Crippen molar-refractivity contribution in [1.29, 1.82) is 0 Å². The highest BCUT2D eigenvalue weighted by Crippen LogP contribution is 2.19. The minimum atomic E-state index is -0.507. The number of nitrogens with zero attached hydrogens (tertiary/aromatic N) is 2. The molecule has 8 heteroatoms. The fourth-order valence-electron chi connectivity index (χ4n) is 1.60. The Morgan fingerprint density at radius 3 is 2.81 bits per heavy atom. The first-order chi connectivity index (χ1) is 10.1. The monoisotopic (exact) mass is 288 g/mol. The van der Waals surface area contributed by atoms with Crippen LogP contribution in [0.4, 0.5) is 5.69 Å². The molecule has 0 atom stereocenters. The number of hydrogen-bond acceptors (Lipinski definition) is 6. The molecule has 0 saturated heterocycles. The molecule has 21 heavy (non-hydrogen) atoms. The Morgan fingerprint density at radius 1 is 1.33 bits per heavy atom. The molecule has 3 N–H and O–H groups in total. The van der Waals surface area contributed by atoms with Gasteiger partial charge in [-0.25, -0.2) is 10.8 Å². The van der Waals surface area contributed by atoms with Crippen LogP contribution in [0, 0.1) is 10.1 Å². The van der Waals surface area contributed by atoms with Gasteiger partial charge in [-0.2, -0.15) is 0 Å². The summed E-state index contributed by atoms with van der Waals surface area (Å²) in [6.07, 6.45) is 0. The van der Waals surface area contributed by atoms with E-state index in [9.17, 15) is 14.9 Å². The molecule has 1 amide bonds. The van der Waals surface area contributed by atoms with Crippen molar-refractivity contribution >= 4 is 11.6 Å². The van der Waals surface area contributed by atoms with E-state index in [1.54, 1.807) is 18.2 Å². The summed E-state index contributed by atoms with van der Waals surface area (Å²) in [5.74, 6) is 4.87. The Balaban J connectivity index is 2.08. The summed E-state index contributed by atoms with van der Waals surface area (Å²) in [5.41, 5.74) is 2.59. The number of hydrazine groups is 1. The average Bonchev–Trinajstić information content (AvgIpc) is 2.52. The van der Waals surface area contributed by atoms with Crippen LogP contribution in [0.25, 0.3) is 0 Å². The maximum absolute atomic E-state index is 11.3. The van der Waals surface area contributed by atoms with Gasteiger partial charge in [0.15, 0.2) is 0 Å². The number of benzene rings is 1. The van der Waals surface area contributed by atoms with E-state index in [0.29, 0.717) is 11.4 Å². The van der Waals surface area contributed by atoms with Gasteiger partial charge in [0.25, 0.3) is 11.6 Å². The number of nitro groups is 1. The quantitative estimate of drug-likeness (QED) is 0.369. The molecular formula is C13H12N4O4. The minimum Gasteiger partial charge on any atom is -0.487 e. The van der Waals surface area contributed by atoms with Gasteiger partial charge in [-0.3, -0.25) is 20.3 Å². The van der Waals surface area contributed by atoms with Gasteiger partial charge in [-0.05, 0) is 18.2 Å². The molecule has 0 aliphatic rings. The predicted octanol–water partition coefficient (Wildman–Crippen LogP) is 1.17. The van der Waals surface area contributed by atoms with Crippen LogP contribution in [-0.4, -0.2) is 15.8 Å². The highest BCUT2D eigenvalue weighted by molar-refractivity contribution is 5.91. The topological polar surface area (TPSA) is 120 Å². The Labute approximate surface area is 119 Å². The number of rotatable bonds is 5. The summed E-state index contributed by atoms with van der Waals surface area (Å²) < 4.78 is 5.42. The lowest BCUT2D eigenvalue weighted by Gasteiger charge is -2.06. The van der Waals surface area contributed by atoms with Crippen molar-refractivity contribution in [2.24, 2.45) is 5.84 Å². The van der Waals surface area contributed by atoms with Crippen molar-refractivity contribution in [1.82, 2.24) is 10.4 Å². The minimum absolute atomic E-state index is 0.0586. The van der Waals surface area contributed by atoms with Gasteiger partial charge in [-0.1, -0.05) is 12.1 Å². The Kier molecular flexibility index (Phi) is 4.42. The first-order valence-electron chi connectivity index (χ1n) is 5.94. The first-order valence-corrected chi connectivity index (χ1v) is 5.94. The zero-order valence-corrected chi connectivity index (χ0v) is 10.9. The third kappa shape index (κ3) is 3.74. The number of ether oxygens (including phenoxy) is 1. The van der Waals surface area contributed by atoms with Gasteiger partial charge in [-0.15, -0.1) is 0 Å². The van der Waals surface area contributed by atoms with Crippen LogP contribution < -0.4 is 16.0 Å². The van der Waals surface area contributed by atoms with E-state index in [1.807, 2.05) is 5.43 Å². The van der Waals surface area contributed by atoms with Crippen LogP contribution in [0.3, 0.4) is 0 Å². The van der Waals surface area contributed by atoms with Crippen LogP contribution in [0.1, 0.15) is 16.2 Å². The van der Waals surface area contributed by atoms with E-state index < -0.39 is 10.8 Å². The number of non-ortho nitro benzene ring substituents is 1. The fraction of sp³-hybridized carbons (Fsp3) is 0.0769. The lowest BCUT2D eigenvalue weighted by atomic mass is 10.3. The standard InChI is InChI=1S/C13H12N4O4/c14-16-13(18)12-6-1-3-9(15-12)8-21-11-5-2-4-10(7-11)17(19)20/h1-7H,8,14H2,(H,16,18). The molecule has 8 nitrogen and oxygen atoms in total. The molecule has 1 aromatic carbocycles. The van der Waals surface area contributed by atoms with Crippen LogP contribution >= 0.6 is 0 Å². The number of amides is 1. The SMILES string of the molecule is NNC(=O)c1cccc(COc2cccc([N+](=O)[O-])c2)n1. The highest BCUT2D eigenvalue weighted by atomic mass is 16.6. The number of pyridine rings is 1. The number of aromatic nitrogens is 1. The van der Waals surface area contributed by atoms with E-state index in [4.69, 9.17) is 10.6 Å². The van der Waals surface area contributed by atoms with Gasteiger partial charge < -0.3 is 4.74 Å². The molecule has 0 fully saturated rings. The Hall–Kier alpha value is -3.00. The zero-order chi connectivity index (χ0) is 15.2. The second-order valence-corrected chi connectivity index (χ2v) is 4.03. The van der Waals surface area contributed by atoms with Gasteiger partial charge in [0, 0.05) is 6.07 Å². The Morgan fingerprint density at radius 2 is 2.10 bits per heavy atom. The van der Waals surface area contributed by atoms with Gasteiger partial charge in [0.2, 0.25) is 0 Å². The molecule has 0 unspecified atom stereocenters. The van der Waals surface area contributed by atoms with E-state index in [2.05, 4.69) is 4.98 Å². The summed E-state index contributed by atoms with van der Waals surface area (Å²) in [4.78, 5) is 25.6. The maximum Gasteiger partial charge on any atom is 0.283 e. The maximum atomic E-state index is 11.3. The number of carbonyl (C=O) groups excluding carboxylic acids is 1. The third-order valence-electron chi connectivity index (χ3n) is 2.59.